The summed E-state index contributed by atoms with van der Waals surface area (Å²) >= 11 is 0. The molecule has 20 heavy (non-hydrogen) atoms. The van der Waals surface area contributed by atoms with Crippen molar-refractivity contribution in [3.05, 3.63) is 29.3 Å². The highest BCUT2D eigenvalue weighted by atomic mass is 16.5. The van der Waals surface area contributed by atoms with Crippen LogP contribution < -0.4 is 10.6 Å². The molecule has 2 rings (SSSR count). The summed E-state index contributed by atoms with van der Waals surface area (Å²) in [4.78, 5) is 2.38. The molecule has 1 atom stereocenters. The van der Waals surface area contributed by atoms with Gasteiger partial charge in [0.2, 0.25) is 0 Å². The van der Waals surface area contributed by atoms with E-state index in [1.165, 1.54) is 16.8 Å². The van der Waals surface area contributed by atoms with Crippen molar-refractivity contribution in [3.63, 3.8) is 0 Å². The number of ether oxygens (including phenoxy) is 1. The Balaban J connectivity index is 2.35. The van der Waals surface area contributed by atoms with Gasteiger partial charge in [0.05, 0.1) is 11.1 Å². The van der Waals surface area contributed by atoms with E-state index in [0.717, 1.165) is 19.4 Å². The van der Waals surface area contributed by atoms with Crippen LogP contribution in [0.4, 0.5) is 5.69 Å². The topological polar surface area (TPSA) is 38.5 Å². The summed E-state index contributed by atoms with van der Waals surface area (Å²) < 4.78 is 5.88. The smallest absolute Gasteiger partial charge is 0.0649 e. The maximum atomic E-state index is 6.18. The fourth-order valence-electron chi connectivity index (χ4n) is 3.48. The van der Waals surface area contributed by atoms with Crippen LogP contribution in [0.1, 0.15) is 37.8 Å². The Kier molecular flexibility index (Phi) is 4.12. The lowest BCUT2D eigenvalue weighted by atomic mass is 9.79. The van der Waals surface area contributed by atoms with Gasteiger partial charge in [0.25, 0.3) is 0 Å². The van der Waals surface area contributed by atoms with Gasteiger partial charge in [0.1, 0.15) is 0 Å². The molecular weight excluding hydrogens is 248 g/mol. The van der Waals surface area contributed by atoms with Crippen molar-refractivity contribution < 1.29 is 4.74 Å². The molecule has 2 N–H and O–H groups in total. The Bertz CT molecular complexity index is 484. The predicted molar refractivity (Wildman–Crippen MR) is 85.4 cm³/mol. The molecule has 3 nitrogen and oxygen atoms in total. The minimum absolute atomic E-state index is 0.0121. The van der Waals surface area contributed by atoms with E-state index in [4.69, 9.17) is 10.5 Å². The molecule has 0 spiro atoms. The summed E-state index contributed by atoms with van der Waals surface area (Å²) in [6, 6.07) is 6.62. The molecule has 0 amide bonds. The highest BCUT2D eigenvalue weighted by Gasteiger charge is 2.43. The minimum atomic E-state index is -0.107. The maximum absolute atomic E-state index is 6.18. The molecule has 112 valence electrons. The first-order valence-electron chi connectivity index (χ1n) is 7.45. The summed E-state index contributed by atoms with van der Waals surface area (Å²) in [6.45, 7) is 10.1. The quantitative estimate of drug-likeness (QED) is 0.922. The molecule has 0 saturated carbocycles. The average molecular weight is 276 g/mol. The first-order valence-corrected chi connectivity index (χ1v) is 7.45. The number of nitrogens with zero attached hydrogens (tertiary/aromatic N) is 1. The van der Waals surface area contributed by atoms with Crippen molar-refractivity contribution in [2.45, 2.75) is 51.7 Å². The molecule has 1 unspecified atom stereocenters. The van der Waals surface area contributed by atoms with E-state index >= 15 is 0 Å². The van der Waals surface area contributed by atoms with E-state index < -0.39 is 0 Å². The molecule has 1 aliphatic heterocycles. The molecule has 1 aromatic carbocycles. The zero-order chi connectivity index (χ0) is 15.0. The van der Waals surface area contributed by atoms with Crippen LogP contribution in [0.15, 0.2) is 18.2 Å². The van der Waals surface area contributed by atoms with E-state index in [1.54, 1.807) is 0 Å². The Hall–Kier alpha value is -1.06. The lowest BCUT2D eigenvalue weighted by Crippen LogP contribution is -2.59. The molecule has 1 saturated heterocycles. The van der Waals surface area contributed by atoms with Crippen LogP contribution >= 0.6 is 0 Å². The fraction of sp³-hybridized carbons (Fsp3) is 0.647. The molecule has 0 bridgehead atoms. The number of nitrogens with two attached hydrogens (primary N) is 1. The van der Waals surface area contributed by atoms with Crippen molar-refractivity contribution in [2.24, 2.45) is 5.73 Å². The van der Waals surface area contributed by atoms with Crippen molar-refractivity contribution in [1.82, 2.24) is 0 Å². The second-order valence-electron chi connectivity index (χ2n) is 6.81. The van der Waals surface area contributed by atoms with Crippen LogP contribution in [0.3, 0.4) is 0 Å². The first kappa shape index (κ1) is 15.3. The molecular formula is C17H28N2O. The molecule has 1 aliphatic rings. The molecule has 1 heterocycles. The second-order valence-corrected chi connectivity index (χ2v) is 6.81. The van der Waals surface area contributed by atoms with E-state index in [9.17, 15) is 0 Å². The molecule has 0 radical (unpaired) electrons. The number of aryl methyl sites for hydroxylation is 2. The third-order valence-electron chi connectivity index (χ3n) is 4.62. The van der Waals surface area contributed by atoms with Crippen LogP contribution in [0.5, 0.6) is 0 Å². The van der Waals surface area contributed by atoms with Crippen LogP contribution in [0.2, 0.25) is 0 Å². The second kappa shape index (κ2) is 5.38. The van der Waals surface area contributed by atoms with E-state index in [2.05, 4.69) is 57.8 Å². The Morgan fingerprint density at radius 1 is 1.30 bits per heavy atom. The maximum Gasteiger partial charge on any atom is 0.0649 e. The average Bonchev–Trinajstić information content (AvgIpc) is 2.36. The zero-order valence-corrected chi connectivity index (χ0v) is 13.5. The van der Waals surface area contributed by atoms with Gasteiger partial charge in [-0.05, 0) is 45.7 Å². The summed E-state index contributed by atoms with van der Waals surface area (Å²) in [6.07, 6.45) is 1.94. The van der Waals surface area contributed by atoms with Crippen molar-refractivity contribution in [2.75, 3.05) is 25.1 Å². The third-order valence-corrected chi connectivity index (χ3v) is 4.62. The normalized spacial score (nSPS) is 25.5. The number of rotatable bonds is 3. The lowest BCUT2D eigenvalue weighted by Gasteiger charge is -2.50. The monoisotopic (exact) mass is 276 g/mol. The Labute approximate surface area is 123 Å². The van der Waals surface area contributed by atoms with Crippen molar-refractivity contribution in [3.8, 4) is 0 Å². The van der Waals surface area contributed by atoms with Crippen LogP contribution in [-0.2, 0) is 4.74 Å². The molecule has 1 aromatic rings. The Morgan fingerprint density at radius 3 is 2.55 bits per heavy atom. The number of likely N-dealkylation sites (N-methyl/N-ethyl adjacent to an activating group) is 1. The SMILES string of the molecule is Cc1ccc(N(C)C2(CN)CCOC(C)(C)C2)c(C)c1. The highest BCUT2D eigenvalue weighted by Crippen LogP contribution is 2.38. The number of benzene rings is 1. The molecule has 3 heteroatoms. The summed E-state index contributed by atoms with van der Waals surface area (Å²) in [5.41, 5.74) is 9.95. The lowest BCUT2D eigenvalue weighted by molar-refractivity contribution is -0.0786. The van der Waals surface area contributed by atoms with Gasteiger partial charge in [-0.2, -0.15) is 0 Å². The summed E-state index contributed by atoms with van der Waals surface area (Å²) in [5, 5.41) is 0. The van der Waals surface area contributed by atoms with Crippen molar-refractivity contribution >= 4 is 5.69 Å². The zero-order valence-electron chi connectivity index (χ0n) is 13.5. The van der Waals surface area contributed by atoms with Crippen molar-refractivity contribution in [1.29, 1.82) is 0 Å². The largest absolute Gasteiger partial charge is 0.375 e. The molecule has 0 aliphatic carbocycles. The summed E-state index contributed by atoms with van der Waals surface area (Å²) in [5.74, 6) is 0. The predicted octanol–water partition coefficient (Wildman–Crippen LogP) is 3.03. The minimum Gasteiger partial charge on any atom is -0.375 e. The van der Waals surface area contributed by atoms with E-state index in [0.29, 0.717) is 6.54 Å². The Morgan fingerprint density at radius 2 is 2.00 bits per heavy atom. The standard InChI is InChI=1S/C17H28N2O/c1-13-6-7-15(14(2)10-13)19(5)17(12-18)8-9-20-16(3,4)11-17/h6-7,10H,8-9,11-12,18H2,1-5H3. The highest BCUT2D eigenvalue weighted by molar-refractivity contribution is 5.56. The van der Waals surface area contributed by atoms with Gasteiger partial charge < -0.3 is 15.4 Å². The van der Waals surface area contributed by atoms with Gasteiger partial charge >= 0.3 is 0 Å². The van der Waals surface area contributed by atoms with Gasteiger partial charge in [-0.3, -0.25) is 0 Å². The third kappa shape index (κ3) is 2.84. The van der Waals surface area contributed by atoms with Gasteiger partial charge in [0, 0.05) is 32.3 Å². The van der Waals surface area contributed by atoms with Gasteiger partial charge in [0.15, 0.2) is 0 Å². The molecule has 1 fully saturated rings. The van der Waals surface area contributed by atoms with Crippen LogP contribution in [-0.4, -0.2) is 31.3 Å². The molecule has 0 aromatic heterocycles. The fourth-order valence-corrected chi connectivity index (χ4v) is 3.48. The van der Waals surface area contributed by atoms with Gasteiger partial charge in [-0.25, -0.2) is 0 Å². The van der Waals surface area contributed by atoms with Gasteiger partial charge in [-0.1, -0.05) is 17.7 Å². The summed E-state index contributed by atoms with van der Waals surface area (Å²) in [7, 11) is 2.17. The van der Waals surface area contributed by atoms with E-state index in [1.807, 2.05) is 0 Å². The first-order chi connectivity index (χ1) is 9.30. The number of anilines is 1. The van der Waals surface area contributed by atoms with Crippen LogP contribution in [0, 0.1) is 13.8 Å². The number of hydrogen-bond donors (Lipinski definition) is 1. The van der Waals surface area contributed by atoms with E-state index in [-0.39, 0.29) is 11.1 Å². The number of hydrogen-bond acceptors (Lipinski definition) is 3. The van der Waals surface area contributed by atoms with Crippen LogP contribution in [0.25, 0.3) is 0 Å². The van der Waals surface area contributed by atoms with Gasteiger partial charge in [-0.15, -0.1) is 0 Å².